The third-order valence-corrected chi connectivity index (χ3v) is 7.30. The lowest BCUT2D eigenvalue weighted by Gasteiger charge is -2.33. The molecule has 1 aliphatic rings. The molecular weight excluding hydrogens is 272 g/mol. The summed E-state index contributed by atoms with van der Waals surface area (Å²) in [6.45, 7) is 10.0. The van der Waals surface area contributed by atoms with E-state index >= 15 is 0 Å². The fourth-order valence-electron chi connectivity index (χ4n) is 3.03. The monoisotopic (exact) mass is 304 g/mol. The zero-order valence-corrected chi connectivity index (χ0v) is 14.6. The summed E-state index contributed by atoms with van der Waals surface area (Å²) in [5, 5.41) is 10.0. The third kappa shape index (κ3) is 5.45. The molecule has 0 aromatic rings. The molecule has 1 aliphatic carbocycles. The van der Waals surface area contributed by atoms with Gasteiger partial charge >= 0.3 is 8.80 Å². The van der Waals surface area contributed by atoms with Crippen LogP contribution in [0.5, 0.6) is 0 Å². The molecule has 0 radical (unpaired) electrons. The van der Waals surface area contributed by atoms with E-state index in [4.69, 9.17) is 13.3 Å². The normalized spacial score (nSPS) is 27.8. The first-order chi connectivity index (χ1) is 9.56. The van der Waals surface area contributed by atoms with Gasteiger partial charge in [0.1, 0.15) is 0 Å². The van der Waals surface area contributed by atoms with E-state index in [0.717, 1.165) is 25.3 Å². The second-order valence-corrected chi connectivity index (χ2v) is 8.48. The maximum atomic E-state index is 10.0. The standard InChI is InChI=1S/C15H32O4Si/c1-5-17-20(18-6-2,19-7-3)11-10-14-9-8-13(4)15(16)12-14/h13-16H,5-12H2,1-4H3. The van der Waals surface area contributed by atoms with Crippen molar-refractivity contribution in [1.29, 1.82) is 0 Å². The average Bonchev–Trinajstić information content (AvgIpc) is 2.41. The highest BCUT2D eigenvalue weighted by molar-refractivity contribution is 6.60. The Morgan fingerprint density at radius 2 is 1.55 bits per heavy atom. The zero-order valence-electron chi connectivity index (χ0n) is 13.6. The Morgan fingerprint density at radius 3 is 2.00 bits per heavy atom. The van der Waals surface area contributed by atoms with Gasteiger partial charge in [-0.25, -0.2) is 0 Å². The second kappa shape index (κ2) is 9.15. The highest BCUT2D eigenvalue weighted by Gasteiger charge is 2.41. The van der Waals surface area contributed by atoms with Gasteiger partial charge in [-0.05, 0) is 51.9 Å². The summed E-state index contributed by atoms with van der Waals surface area (Å²) in [7, 11) is -2.50. The first-order valence-corrected chi connectivity index (χ1v) is 10.1. The van der Waals surface area contributed by atoms with Crippen molar-refractivity contribution in [2.24, 2.45) is 11.8 Å². The largest absolute Gasteiger partial charge is 0.500 e. The Balaban J connectivity index is 2.52. The van der Waals surface area contributed by atoms with Crippen molar-refractivity contribution < 1.29 is 18.4 Å². The van der Waals surface area contributed by atoms with Gasteiger partial charge < -0.3 is 18.4 Å². The average molecular weight is 305 g/mol. The predicted octanol–water partition coefficient (Wildman–Crippen LogP) is 3.22. The van der Waals surface area contributed by atoms with E-state index in [1.54, 1.807) is 0 Å². The maximum Gasteiger partial charge on any atom is 0.500 e. The van der Waals surface area contributed by atoms with E-state index in [1.807, 2.05) is 20.8 Å². The molecule has 0 amide bonds. The number of rotatable bonds is 9. The Labute approximate surface area is 125 Å². The summed E-state index contributed by atoms with van der Waals surface area (Å²) in [5.74, 6) is 1.02. The molecule has 120 valence electrons. The van der Waals surface area contributed by atoms with Crippen molar-refractivity contribution in [3.8, 4) is 0 Å². The van der Waals surface area contributed by atoms with Gasteiger partial charge in [-0.3, -0.25) is 0 Å². The molecule has 3 atom stereocenters. The minimum Gasteiger partial charge on any atom is -0.393 e. The first-order valence-electron chi connectivity index (χ1n) is 8.16. The van der Waals surface area contributed by atoms with Crippen molar-refractivity contribution in [1.82, 2.24) is 0 Å². The van der Waals surface area contributed by atoms with Gasteiger partial charge in [0.2, 0.25) is 0 Å². The van der Waals surface area contributed by atoms with Crippen molar-refractivity contribution in [2.45, 2.75) is 65.5 Å². The summed E-state index contributed by atoms with van der Waals surface area (Å²) < 4.78 is 17.6. The van der Waals surface area contributed by atoms with Crippen LogP contribution in [0.2, 0.25) is 6.04 Å². The third-order valence-electron chi connectivity index (χ3n) is 4.21. The molecule has 1 fully saturated rings. The first kappa shape index (κ1) is 18.1. The smallest absolute Gasteiger partial charge is 0.393 e. The molecule has 3 unspecified atom stereocenters. The Kier molecular flexibility index (Phi) is 8.29. The molecule has 20 heavy (non-hydrogen) atoms. The minimum absolute atomic E-state index is 0.143. The molecule has 0 aromatic carbocycles. The highest BCUT2D eigenvalue weighted by Crippen LogP contribution is 2.33. The zero-order chi connectivity index (χ0) is 15.0. The van der Waals surface area contributed by atoms with Crippen LogP contribution < -0.4 is 0 Å². The topological polar surface area (TPSA) is 47.9 Å². The molecule has 1 rings (SSSR count). The van der Waals surface area contributed by atoms with Crippen LogP contribution in [-0.2, 0) is 13.3 Å². The number of hydrogen-bond donors (Lipinski definition) is 1. The summed E-state index contributed by atoms with van der Waals surface area (Å²) in [5.41, 5.74) is 0. The summed E-state index contributed by atoms with van der Waals surface area (Å²) in [6, 6.07) is 0.869. The van der Waals surface area contributed by atoms with Crippen LogP contribution in [0.4, 0.5) is 0 Å². The highest BCUT2D eigenvalue weighted by atomic mass is 28.4. The van der Waals surface area contributed by atoms with E-state index in [0.29, 0.717) is 31.7 Å². The van der Waals surface area contributed by atoms with Crippen molar-refractivity contribution in [2.75, 3.05) is 19.8 Å². The van der Waals surface area contributed by atoms with Gasteiger partial charge in [0.15, 0.2) is 0 Å². The predicted molar refractivity (Wildman–Crippen MR) is 82.6 cm³/mol. The SMILES string of the molecule is CCO[Si](CCC1CCC(C)C(O)C1)(OCC)OCC. The molecule has 1 N–H and O–H groups in total. The Hall–Kier alpha value is 0.0569. The fourth-order valence-corrected chi connectivity index (χ4v) is 5.79. The van der Waals surface area contributed by atoms with Crippen LogP contribution in [-0.4, -0.2) is 39.8 Å². The van der Waals surface area contributed by atoms with Crippen molar-refractivity contribution >= 4 is 8.80 Å². The van der Waals surface area contributed by atoms with Crippen LogP contribution in [0.15, 0.2) is 0 Å². The van der Waals surface area contributed by atoms with Gasteiger partial charge in [-0.2, -0.15) is 0 Å². The molecular formula is C15H32O4Si. The lowest BCUT2D eigenvalue weighted by Crippen LogP contribution is -2.46. The van der Waals surface area contributed by atoms with Crippen LogP contribution in [0.25, 0.3) is 0 Å². The van der Waals surface area contributed by atoms with Gasteiger partial charge in [-0.15, -0.1) is 0 Å². The fraction of sp³-hybridized carbons (Fsp3) is 1.00. The van der Waals surface area contributed by atoms with Gasteiger partial charge in [0.25, 0.3) is 0 Å². The van der Waals surface area contributed by atoms with Gasteiger partial charge in [-0.1, -0.05) is 13.3 Å². The Morgan fingerprint density at radius 1 is 1.00 bits per heavy atom. The number of aliphatic hydroxyl groups is 1. The number of hydrogen-bond acceptors (Lipinski definition) is 4. The maximum absolute atomic E-state index is 10.0. The van der Waals surface area contributed by atoms with E-state index in [2.05, 4.69) is 6.92 Å². The lowest BCUT2D eigenvalue weighted by atomic mass is 9.80. The van der Waals surface area contributed by atoms with Crippen LogP contribution in [0, 0.1) is 11.8 Å². The Bertz CT molecular complexity index is 245. The molecule has 4 nitrogen and oxygen atoms in total. The van der Waals surface area contributed by atoms with E-state index in [9.17, 15) is 5.11 Å². The van der Waals surface area contributed by atoms with Gasteiger partial charge in [0, 0.05) is 25.9 Å². The van der Waals surface area contributed by atoms with E-state index in [1.165, 1.54) is 6.42 Å². The van der Waals surface area contributed by atoms with E-state index in [-0.39, 0.29) is 6.10 Å². The van der Waals surface area contributed by atoms with Crippen LogP contribution in [0.3, 0.4) is 0 Å². The molecule has 0 bridgehead atoms. The summed E-state index contributed by atoms with van der Waals surface area (Å²) in [4.78, 5) is 0. The quantitative estimate of drug-likeness (QED) is 0.664. The van der Waals surface area contributed by atoms with Crippen molar-refractivity contribution in [3.05, 3.63) is 0 Å². The molecule has 1 saturated carbocycles. The minimum atomic E-state index is -2.50. The lowest BCUT2D eigenvalue weighted by molar-refractivity contribution is 0.0450. The molecule has 0 heterocycles. The molecule has 0 saturated heterocycles. The molecule has 5 heteroatoms. The summed E-state index contributed by atoms with van der Waals surface area (Å²) >= 11 is 0. The van der Waals surface area contributed by atoms with Crippen molar-refractivity contribution in [3.63, 3.8) is 0 Å². The molecule has 0 aliphatic heterocycles. The molecule has 0 spiro atoms. The van der Waals surface area contributed by atoms with Crippen LogP contribution >= 0.6 is 0 Å². The molecule has 0 aromatic heterocycles. The van der Waals surface area contributed by atoms with Gasteiger partial charge in [0.05, 0.1) is 6.10 Å². The second-order valence-electron chi connectivity index (χ2n) is 5.74. The van der Waals surface area contributed by atoms with Crippen LogP contribution in [0.1, 0.15) is 53.4 Å². The summed E-state index contributed by atoms with van der Waals surface area (Å²) in [6.07, 6.45) is 4.13. The number of aliphatic hydroxyl groups excluding tert-OH is 1. The van der Waals surface area contributed by atoms with E-state index < -0.39 is 8.80 Å².